The Balaban J connectivity index is 0.000000250. The fourth-order valence-electron chi connectivity index (χ4n) is 1.83. The van der Waals surface area contributed by atoms with E-state index in [-0.39, 0.29) is 12.2 Å². The highest BCUT2D eigenvalue weighted by Gasteiger charge is 2.31. The van der Waals surface area contributed by atoms with E-state index in [4.69, 9.17) is 9.47 Å². The Morgan fingerprint density at radius 3 is 2.32 bits per heavy atom. The van der Waals surface area contributed by atoms with Crippen molar-refractivity contribution in [2.75, 3.05) is 13.2 Å². The smallest absolute Gasteiger partial charge is 0.109 e. The van der Waals surface area contributed by atoms with Gasteiger partial charge in [0, 0.05) is 6.61 Å². The molecule has 110 valence electrons. The number of hydrogen-bond donors (Lipinski definition) is 2. The average Bonchev–Trinajstić information content (AvgIpc) is 2.43. The third-order valence-corrected chi connectivity index (χ3v) is 3.00. The van der Waals surface area contributed by atoms with Gasteiger partial charge in [0.25, 0.3) is 0 Å². The molecule has 2 rings (SSSR count). The van der Waals surface area contributed by atoms with E-state index >= 15 is 0 Å². The van der Waals surface area contributed by atoms with Gasteiger partial charge < -0.3 is 19.7 Å². The molecule has 1 heterocycles. The molecule has 0 aromatic rings. The van der Waals surface area contributed by atoms with E-state index in [2.05, 4.69) is 24.3 Å². The third-order valence-electron chi connectivity index (χ3n) is 3.00. The van der Waals surface area contributed by atoms with Crippen molar-refractivity contribution in [1.82, 2.24) is 0 Å². The second-order valence-corrected chi connectivity index (χ2v) is 5.07. The number of rotatable bonds is 3. The first kappa shape index (κ1) is 16.4. The highest BCUT2D eigenvalue weighted by molar-refractivity contribution is 5.07. The maximum absolute atomic E-state index is 9.50. The van der Waals surface area contributed by atoms with Gasteiger partial charge >= 0.3 is 0 Å². The molecule has 0 aromatic heterocycles. The minimum Gasteiger partial charge on any atom is -0.390 e. The van der Waals surface area contributed by atoms with Crippen molar-refractivity contribution in [2.45, 2.75) is 57.5 Å². The van der Waals surface area contributed by atoms with Gasteiger partial charge in [0.15, 0.2) is 0 Å². The lowest BCUT2D eigenvalue weighted by Crippen LogP contribution is -2.47. The van der Waals surface area contributed by atoms with Gasteiger partial charge in [-0.1, -0.05) is 24.3 Å². The Morgan fingerprint density at radius 2 is 1.84 bits per heavy atom. The SMILES string of the molecule is C1=CCCC=C1.CC(C)OCC1OCCC(O)C1O. The van der Waals surface area contributed by atoms with Gasteiger partial charge in [-0.05, 0) is 33.1 Å². The van der Waals surface area contributed by atoms with Crippen molar-refractivity contribution < 1.29 is 19.7 Å². The summed E-state index contributed by atoms with van der Waals surface area (Å²) in [5, 5.41) is 18.8. The molecule has 0 amide bonds. The molecule has 0 saturated carbocycles. The first-order chi connectivity index (χ1) is 9.11. The molecule has 3 unspecified atom stereocenters. The molecule has 0 radical (unpaired) electrons. The van der Waals surface area contributed by atoms with Gasteiger partial charge in [0.1, 0.15) is 12.2 Å². The summed E-state index contributed by atoms with van der Waals surface area (Å²) in [5.41, 5.74) is 0. The molecule has 3 atom stereocenters. The number of aliphatic hydroxyl groups is 2. The summed E-state index contributed by atoms with van der Waals surface area (Å²) in [6.45, 7) is 4.68. The molecule has 1 aliphatic heterocycles. The van der Waals surface area contributed by atoms with E-state index in [1.807, 2.05) is 13.8 Å². The Bertz CT molecular complexity index is 274. The van der Waals surface area contributed by atoms with Gasteiger partial charge in [0.2, 0.25) is 0 Å². The second kappa shape index (κ2) is 9.26. The van der Waals surface area contributed by atoms with Crippen LogP contribution in [0.15, 0.2) is 24.3 Å². The molecule has 19 heavy (non-hydrogen) atoms. The summed E-state index contributed by atoms with van der Waals surface area (Å²) in [6, 6.07) is 0. The Kier molecular flexibility index (Phi) is 7.98. The maximum Gasteiger partial charge on any atom is 0.109 e. The van der Waals surface area contributed by atoms with Gasteiger partial charge in [0.05, 0.1) is 18.8 Å². The Labute approximate surface area is 115 Å². The summed E-state index contributed by atoms with van der Waals surface area (Å²) in [6.07, 6.45) is 9.75. The van der Waals surface area contributed by atoms with Crippen LogP contribution in [0.4, 0.5) is 0 Å². The Hall–Kier alpha value is -0.680. The van der Waals surface area contributed by atoms with E-state index in [1.165, 1.54) is 12.8 Å². The van der Waals surface area contributed by atoms with E-state index in [9.17, 15) is 10.2 Å². The normalized spacial score (nSPS) is 30.1. The van der Waals surface area contributed by atoms with Crippen LogP contribution in [-0.2, 0) is 9.47 Å². The van der Waals surface area contributed by atoms with Crippen molar-refractivity contribution in [1.29, 1.82) is 0 Å². The van der Waals surface area contributed by atoms with E-state index < -0.39 is 12.2 Å². The van der Waals surface area contributed by atoms with Gasteiger partial charge in [-0.2, -0.15) is 0 Å². The van der Waals surface area contributed by atoms with E-state index in [0.29, 0.717) is 19.6 Å². The van der Waals surface area contributed by atoms with Crippen molar-refractivity contribution >= 4 is 0 Å². The summed E-state index contributed by atoms with van der Waals surface area (Å²) in [4.78, 5) is 0. The van der Waals surface area contributed by atoms with Gasteiger partial charge in [-0.3, -0.25) is 0 Å². The first-order valence-electron chi connectivity index (χ1n) is 7.02. The standard InChI is InChI=1S/C9H18O4.C6H8/c1-6(2)13-5-8-9(11)7(10)3-4-12-8;1-2-4-6-5-3-1/h6-11H,3-5H2,1-2H3;1-4H,5-6H2. The number of allylic oxidation sites excluding steroid dienone is 4. The summed E-state index contributed by atoms with van der Waals surface area (Å²) >= 11 is 0. The van der Waals surface area contributed by atoms with Crippen LogP contribution in [0.25, 0.3) is 0 Å². The molecule has 1 saturated heterocycles. The van der Waals surface area contributed by atoms with Crippen LogP contribution in [0, 0.1) is 0 Å². The quantitative estimate of drug-likeness (QED) is 0.821. The molecule has 0 aromatic carbocycles. The topological polar surface area (TPSA) is 58.9 Å². The minimum absolute atomic E-state index is 0.120. The molecular weight excluding hydrogens is 244 g/mol. The average molecular weight is 270 g/mol. The Morgan fingerprint density at radius 1 is 1.21 bits per heavy atom. The highest BCUT2D eigenvalue weighted by atomic mass is 16.5. The predicted octanol–water partition coefficient (Wildman–Crippen LogP) is 1.81. The number of aliphatic hydroxyl groups excluding tert-OH is 2. The monoisotopic (exact) mass is 270 g/mol. The fourth-order valence-corrected chi connectivity index (χ4v) is 1.83. The predicted molar refractivity (Wildman–Crippen MR) is 75.0 cm³/mol. The summed E-state index contributed by atoms with van der Waals surface area (Å²) in [5.74, 6) is 0. The molecule has 4 heteroatoms. The summed E-state index contributed by atoms with van der Waals surface area (Å²) < 4.78 is 10.6. The minimum atomic E-state index is -0.813. The highest BCUT2D eigenvalue weighted by Crippen LogP contribution is 2.15. The fraction of sp³-hybridized carbons (Fsp3) is 0.733. The van der Waals surface area contributed by atoms with Crippen molar-refractivity contribution in [3.8, 4) is 0 Å². The van der Waals surface area contributed by atoms with E-state index in [1.54, 1.807) is 0 Å². The zero-order chi connectivity index (χ0) is 14.1. The van der Waals surface area contributed by atoms with Crippen molar-refractivity contribution in [3.63, 3.8) is 0 Å². The van der Waals surface area contributed by atoms with Crippen molar-refractivity contribution in [3.05, 3.63) is 24.3 Å². The van der Waals surface area contributed by atoms with Crippen LogP contribution in [0.3, 0.4) is 0 Å². The van der Waals surface area contributed by atoms with Crippen LogP contribution in [-0.4, -0.2) is 47.8 Å². The maximum atomic E-state index is 9.50. The zero-order valence-corrected chi connectivity index (χ0v) is 11.9. The van der Waals surface area contributed by atoms with Crippen LogP contribution in [0.1, 0.15) is 33.1 Å². The lowest BCUT2D eigenvalue weighted by atomic mass is 10.0. The molecule has 4 nitrogen and oxygen atoms in total. The van der Waals surface area contributed by atoms with Gasteiger partial charge in [-0.25, -0.2) is 0 Å². The molecule has 1 aliphatic carbocycles. The largest absolute Gasteiger partial charge is 0.390 e. The number of hydrogen-bond acceptors (Lipinski definition) is 4. The molecule has 2 aliphatic rings. The molecule has 2 N–H and O–H groups in total. The molecule has 0 spiro atoms. The van der Waals surface area contributed by atoms with E-state index in [0.717, 1.165) is 0 Å². The summed E-state index contributed by atoms with van der Waals surface area (Å²) in [7, 11) is 0. The third kappa shape index (κ3) is 6.87. The molecular formula is C15H26O4. The second-order valence-electron chi connectivity index (χ2n) is 5.07. The lowest BCUT2D eigenvalue weighted by molar-refractivity contribution is -0.159. The van der Waals surface area contributed by atoms with Crippen molar-refractivity contribution in [2.24, 2.45) is 0 Å². The molecule has 0 bridgehead atoms. The first-order valence-corrected chi connectivity index (χ1v) is 7.02. The lowest BCUT2D eigenvalue weighted by Gasteiger charge is -2.32. The molecule has 1 fully saturated rings. The zero-order valence-electron chi connectivity index (χ0n) is 11.9. The van der Waals surface area contributed by atoms with Crippen LogP contribution >= 0.6 is 0 Å². The van der Waals surface area contributed by atoms with Crippen LogP contribution in [0.2, 0.25) is 0 Å². The number of ether oxygens (including phenoxy) is 2. The van der Waals surface area contributed by atoms with Crippen LogP contribution in [0.5, 0.6) is 0 Å². The van der Waals surface area contributed by atoms with Crippen LogP contribution < -0.4 is 0 Å². The van der Waals surface area contributed by atoms with Gasteiger partial charge in [-0.15, -0.1) is 0 Å².